The smallest absolute Gasteiger partial charge is 0.240 e. The second-order valence-corrected chi connectivity index (χ2v) is 9.65. The zero-order valence-electron chi connectivity index (χ0n) is 19.2. The van der Waals surface area contributed by atoms with Gasteiger partial charge in [-0.2, -0.15) is 0 Å². The van der Waals surface area contributed by atoms with E-state index in [1.807, 2.05) is 47.4 Å². The van der Waals surface area contributed by atoms with E-state index in [0.29, 0.717) is 16.9 Å². The summed E-state index contributed by atoms with van der Waals surface area (Å²) in [5.41, 5.74) is 2.19. The molecule has 8 heteroatoms. The van der Waals surface area contributed by atoms with Gasteiger partial charge in [0.15, 0.2) is 5.82 Å². The first-order valence-electron chi connectivity index (χ1n) is 11.5. The molecule has 1 fully saturated rings. The molecule has 1 aliphatic rings. The van der Waals surface area contributed by atoms with Crippen LogP contribution < -0.4 is 10.6 Å². The summed E-state index contributed by atoms with van der Waals surface area (Å²) in [6.45, 7) is 6.11. The molecule has 3 aromatic rings. The van der Waals surface area contributed by atoms with Crippen molar-refractivity contribution in [3.8, 4) is 5.75 Å². The Hall–Kier alpha value is -3.00. The van der Waals surface area contributed by atoms with Gasteiger partial charge in [-0.15, -0.1) is 10.2 Å². The van der Waals surface area contributed by atoms with Gasteiger partial charge in [0.2, 0.25) is 11.1 Å². The van der Waals surface area contributed by atoms with Gasteiger partial charge in [-0.3, -0.25) is 4.79 Å². The summed E-state index contributed by atoms with van der Waals surface area (Å²) >= 11 is 1.34. The Labute approximate surface area is 199 Å². The van der Waals surface area contributed by atoms with Crippen molar-refractivity contribution in [1.29, 1.82) is 0 Å². The summed E-state index contributed by atoms with van der Waals surface area (Å²) in [7, 11) is 0. The van der Waals surface area contributed by atoms with Gasteiger partial charge in [-0.05, 0) is 48.4 Å². The third-order valence-electron chi connectivity index (χ3n) is 5.87. The molecule has 1 atom stereocenters. The maximum atomic E-state index is 13.4. The van der Waals surface area contributed by atoms with Gasteiger partial charge < -0.3 is 15.5 Å². The first-order valence-corrected chi connectivity index (χ1v) is 12.3. The molecule has 1 aromatic heterocycles. The molecule has 0 spiro atoms. The molecule has 1 aliphatic heterocycles. The van der Waals surface area contributed by atoms with E-state index >= 15 is 0 Å². The van der Waals surface area contributed by atoms with E-state index in [4.69, 9.17) is 10.6 Å². The third-order valence-corrected chi connectivity index (χ3v) is 7.07. The van der Waals surface area contributed by atoms with E-state index in [1.54, 1.807) is 0 Å². The molecule has 4 rings (SSSR count). The van der Waals surface area contributed by atoms with Gasteiger partial charge in [0, 0.05) is 13.1 Å². The van der Waals surface area contributed by atoms with Crippen molar-refractivity contribution < 1.29 is 9.53 Å². The van der Waals surface area contributed by atoms with E-state index in [1.165, 1.54) is 28.4 Å². The van der Waals surface area contributed by atoms with Crippen molar-refractivity contribution in [3.05, 3.63) is 71.5 Å². The molecule has 2 N–H and O–H groups in total. The molecule has 0 unspecified atom stereocenters. The van der Waals surface area contributed by atoms with Crippen molar-refractivity contribution in [2.24, 2.45) is 0 Å². The molecule has 2 aromatic carbocycles. The lowest BCUT2D eigenvalue weighted by Gasteiger charge is -2.30. The minimum Gasteiger partial charge on any atom is -0.486 e. The number of amides is 1. The van der Waals surface area contributed by atoms with Crippen LogP contribution in [0.5, 0.6) is 5.75 Å². The highest BCUT2D eigenvalue weighted by molar-refractivity contribution is 8.00. The topological polar surface area (TPSA) is 86.3 Å². The van der Waals surface area contributed by atoms with E-state index in [2.05, 4.69) is 36.2 Å². The van der Waals surface area contributed by atoms with E-state index in [9.17, 15) is 4.79 Å². The van der Waals surface area contributed by atoms with Gasteiger partial charge in [0.05, 0.1) is 0 Å². The molecule has 0 saturated carbocycles. The fourth-order valence-corrected chi connectivity index (χ4v) is 4.92. The maximum Gasteiger partial charge on any atom is 0.240 e. The van der Waals surface area contributed by atoms with Gasteiger partial charge in [-0.25, -0.2) is 4.68 Å². The summed E-state index contributed by atoms with van der Waals surface area (Å²) in [6.07, 6.45) is 3.27. The minimum absolute atomic E-state index is 0.0944. The minimum atomic E-state index is -0.423. The molecule has 0 radical (unpaired) electrons. The van der Waals surface area contributed by atoms with Crippen LogP contribution in [-0.4, -0.2) is 38.8 Å². The number of carbonyl (C=O) groups is 1. The number of benzene rings is 2. The first kappa shape index (κ1) is 23.2. The van der Waals surface area contributed by atoms with Crippen molar-refractivity contribution in [2.75, 3.05) is 18.9 Å². The fraction of sp³-hybridized carbons (Fsp3) is 0.400. The molecule has 1 saturated heterocycles. The van der Waals surface area contributed by atoms with Crippen LogP contribution in [0.2, 0.25) is 0 Å². The lowest BCUT2D eigenvalue weighted by atomic mass is 10.0. The number of thioether (sulfide) groups is 1. The molecular weight excluding hydrogens is 434 g/mol. The predicted molar refractivity (Wildman–Crippen MR) is 131 cm³/mol. The monoisotopic (exact) mass is 465 g/mol. The van der Waals surface area contributed by atoms with E-state index < -0.39 is 5.25 Å². The van der Waals surface area contributed by atoms with Crippen molar-refractivity contribution >= 4 is 17.7 Å². The summed E-state index contributed by atoms with van der Waals surface area (Å²) in [5.74, 6) is 8.12. The maximum absolute atomic E-state index is 13.4. The number of ether oxygens (including phenoxy) is 1. The van der Waals surface area contributed by atoms with Crippen molar-refractivity contribution in [1.82, 2.24) is 19.8 Å². The van der Waals surface area contributed by atoms with Crippen molar-refractivity contribution in [2.45, 2.75) is 56.0 Å². The number of nitrogens with zero attached hydrogens (tertiary/aromatic N) is 4. The highest BCUT2D eigenvalue weighted by atomic mass is 32.2. The Kier molecular flexibility index (Phi) is 7.54. The fourth-order valence-electron chi connectivity index (χ4n) is 3.86. The quantitative estimate of drug-likeness (QED) is 0.388. The van der Waals surface area contributed by atoms with Crippen LogP contribution in [-0.2, 0) is 11.4 Å². The molecule has 33 heavy (non-hydrogen) atoms. The number of nitrogen functional groups attached to an aromatic ring is 1. The van der Waals surface area contributed by atoms with Crippen LogP contribution in [0.4, 0.5) is 0 Å². The standard InChI is InChI=1S/C25H31N5O2S/c1-18(2)19-11-13-21(14-12-19)32-17-22-27-28-25(30(22)26)33-23(20-9-5-3-6-10-20)24(31)29-15-7-4-8-16-29/h3,5-6,9-14,18,23H,4,7-8,15-17,26H2,1-2H3/t23-/m1/s1. The van der Waals surface area contributed by atoms with Gasteiger partial charge >= 0.3 is 0 Å². The number of piperidine rings is 1. The Morgan fingerprint density at radius 3 is 2.36 bits per heavy atom. The van der Waals surface area contributed by atoms with E-state index in [0.717, 1.165) is 37.2 Å². The van der Waals surface area contributed by atoms with Crippen LogP contribution in [0.25, 0.3) is 0 Å². The second-order valence-electron chi connectivity index (χ2n) is 8.58. The molecule has 2 heterocycles. The molecule has 1 amide bonds. The summed E-state index contributed by atoms with van der Waals surface area (Å²) < 4.78 is 7.29. The molecule has 174 valence electrons. The van der Waals surface area contributed by atoms with Crippen LogP contribution >= 0.6 is 11.8 Å². The highest BCUT2D eigenvalue weighted by Crippen LogP contribution is 2.36. The number of rotatable bonds is 8. The van der Waals surface area contributed by atoms with E-state index in [-0.39, 0.29) is 12.5 Å². The van der Waals surface area contributed by atoms with Crippen molar-refractivity contribution in [3.63, 3.8) is 0 Å². The predicted octanol–water partition coefficient (Wildman–Crippen LogP) is 4.54. The molecular formula is C25H31N5O2S. The zero-order valence-corrected chi connectivity index (χ0v) is 20.0. The number of carbonyl (C=O) groups excluding carboxylic acids is 1. The first-order chi connectivity index (χ1) is 16.0. The van der Waals surface area contributed by atoms with Crippen LogP contribution in [0.1, 0.15) is 61.2 Å². The number of nitrogens with two attached hydrogens (primary N) is 1. The number of likely N-dealkylation sites (tertiary alicyclic amines) is 1. The van der Waals surface area contributed by atoms with Gasteiger partial charge in [0.1, 0.15) is 17.6 Å². The largest absolute Gasteiger partial charge is 0.486 e. The van der Waals surface area contributed by atoms with Crippen LogP contribution in [0.15, 0.2) is 59.8 Å². The Balaban J connectivity index is 1.47. The third kappa shape index (κ3) is 5.68. The average molecular weight is 466 g/mol. The number of aromatic nitrogens is 3. The van der Waals surface area contributed by atoms with Gasteiger partial charge in [-0.1, -0.05) is 68.1 Å². The average Bonchev–Trinajstić information content (AvgIpc) is 3.21. The van der Waals surface area contributed by atoms with Crippen LogP contribution in [0.3, 0.4) is 0 Å². The Morgan fingerprint density at radius 2 is 1.70 bits per heavy atom. The lowest BCUT2D eigenvalue weighted by Crippen LogP contribution is -2.38. The SMILES string of the molecule is CC(C)c1ccc(OCc2nnc(S[C@@H](C(=O)N3CCCCC3)c3ccccc3)n2N)cc1. The van der Waals surface area contributed by atoms with Crippen LogP contribution in [0, 0.1) is 0 Å². The lowest BCUT2D eigenvalue weighted by molar-refractivity contribution is -0.131. The second kappa shape index (κ2) is 10.7. The number of hydrogen-bond donors (Lipinski definition) is 1. The summed E-state index contributed by atoms with van der Waals surface area (Å²) in [6, 6.07) is 17.8. The Bertz CT molecular complexity index is 1050. The summed E-state index contributed by atoms with van der Waals surface area (Å²) in [5, 5.41) is 8.54. The molecule has 0 aliphatic carbocycles. The molecule has 0 bridgehead atoms. The normalized spacial score (nSPS) is 14.9. The number of hydrogen-bond acceptors (Lipinski definition) is 6. The Morgan fingerprint density at radius 1 is 1.00 bits per heavy atom. The van der Waals surface area contributed by atoms with Gasteiger partial charge in [0.25, 0.3) is 0 Å². The zero-order chi connectivity index (χ0) is 23.2. The molecule has 7 nitrogen and oxygen atoms in total. The summed E-state index contributed by atoms with van der Waals surface area (Å²) in [4.78, 5) is 15.3. The highest BCUT2D eigenvalue weighted by Gasteiger charge is 2.30.